The van der Waals surface area contributed by atoms with Gasteiger partial charge in [-0.15, -0.1) is 0 Å². The van der Waals surface area contributed by atoms with Crippen molar-refractivity contribution in [1.29, 1.82) is 0 Å². The maximum Gasteiger partial charge on any atom is 0.273 e. The number of carbonyl (C=O) groups is 1. The van der Waals surface area contributed by atoms with E-state index >= 15 is 0 Å². The zero-order chi connectivity index (χ0) is 17.1. The van der Waals surface area contributed by atoms with Crippen LogP contribution in [-0.2, 0) is 0 Å². The van der Waals surface area contributed by atoms with Crippen molar-refractivity contribution in [1.82, 2.24) is 4.98 Å². The largest absolute Gasteiger partial charge is 0.293 e. The first-order valence-corrected chi connectivity index (χ1v) is 8.30. The minimum atomic E-state index is -0.468. The highest BCUT2D eigenvalue weighted by Gasteiger charge is 2.15. The van der Waals surface area contributed by atoms with Gasteiger partial charge in [0.05, 0.1) is 21.2 Å². The lowest BCUT2D eigenvalue weighted by Crippen LogP contribution is -2.04. The van der Waals surface area contributed by atoms with Gasteiger partial charge in [-0.05, 0) is 19.1 Å². The molecule has 120 valence electrons. The van der Waals surface area contributed by atoms with Crippen molar-refractivity contribution in [2.75, 3.05) is 5.75 Å². The summed E-state index contributed by atoms with van der Waals surface area (Å²) in [5, 5.41) is 12.8. The molecule has 24 heavy (non-hydrogen) atoms. The second-order valence-corrected chi connectivity index (χ2v) is 6.31. The lowest BCUT2D eigenvalue weighted by molar-refractivity contribution is -0.385. The molecule has 0 fully saturated rings. The van der Waals surface area contributed by atoms with Crippen LogP contribution in [0.2, 0.25) is 0 Å². The van der Waals surface area contributed by atoms with Gasteiger partial charge >= 0.3 is 0 Å². The molecule has 2 aromatic carbocycles. The molecule has 0 spiro atoms. The summed E-state index contributed by atoms with van der Waals surface area (Å²) in [6.45, 7) is 1.65. The van der Waals surface area contributed by atoms with Crippen LogP contribution in [0.15, 0.2) is 59.6 Å². The van der Waals surface area contributed by atoms with Crippen molar-refractivity contribution in [3.05, 3.63) is 75.8 Å². The average Bonchev–Trinajstić information content (AvgIpc) is 2.59. The molecule has 5 nitrogen and oxygen atoms in total. The van der Waals surface area contributed by atoms with Gasteiger partial charge in [-0.1, -0.05) is 48.2 Å². The normalized spacial score (nSPS) is 10.7. The number of fused-ring (bicyclic) bond motifs is 1. The molecule has 0 amide bonds. The number of hydrogen-bond donors (Lipinski definition) is 0. The number of nitro benzene ring substituents is 1. The first-order chi connectivity index (χ1) is 11.5. The molecule has 3 aromatic rings. The van der Waals surface area contributed by atoms with Gasteiger partial charge in [-0.3, -0.25) is 14.9 Å². The van der Waals surface area contributed by atoms with Crippen molar-refractivity contribution >= 4 is 34.1 Å². The van der Waals surface area contributed by atoms with Gasteiger partial charge in [-0.2, -0.15) is 0 Å². The van der Waals surface area contributed by atoms with Crippen LogP contribution < -0.4 is 0 Å². The van der Waals surface area contributed by atoms with Gasteiger partial charge in [0, 0.05) is 22.6 Å². The highest BCUT2D eigenvalue weighted by molar-refractivity contribution is 7.99. The van der Waals surface area contributed by atoms with Crippen molar-refractivity contribution in [3.63, 3.8) is 0 Å². The third kappa shape index (κ3) is 3.44. The number of carbonyl (C=O) groups excluding carboxylic acids is 1. The Bertz CT molecular complexity index is 940. The van der Waals surface area contributed by atoms with E-state index in [1.54, 1.807) is 19.1 Å². The highest BCUT2D eigenvalue weighted by Crippen LogP contribution is 2.23. The fourth-order valence-electron chi connectivity index (χ4n) is 2.33. The zero-order valence-corrected chi connectivity index (χ0v) is 13.7. The number of para-hydroxylation sites is 1. The molecule has 1 heterocycles. The fraction of sp³-hybridized carbons (Fsp3) is 0.111. The molecule has 3 rings (SSSR count). The SMILES string of the molecule is Cc1ccc(C(=O)CSc2ccc3ccccc3n2)cc1[N+](=O)[O-]. The Hall–Kier alpha value is -2.73. The highest BCUT2D eigenvalue weighted by atomic mass is 32.2. The van der Waals surface area contributed by atoms with Gasteiger partial charge in [0.1, 0.15) is 0 Å². The number of nitro groups is 1. The third-order valence-electron chi connectivity index (χ3n) is 3.65. The summed E-state index contributed by atoms with van der Waals surface area (Å²) in [6, 6.07) is 16.2. The van der Waals surface area contributed by atoms with Crippen LogP contribution in [0.25, 0.3) is 10.9 Å². The van der Waals surface area contributed by atoms with E-state index in [1.165, 1.54) is 17.8 Å². The molecule has 0 atom stereocenters. The molecular formula is C18H14N2O3S. The number of rotatable bonds is 5. The van der Waals surface area contributed by atoms with E-state index in [-0.39, 0.29) is 17.2 Å². The monoisotopic (exact) mass is 338 g/mol. The number of nitrogens with zero attached hydrogens (tertiary/aromatic N) is 2. The fourth-order valence-corrected chi connectivity index (χ4v) is 3.10. The molecule has 0 saturated heterocycles. The summed E-state index contributed by atoms with van der Waals surface area (Å²) in [4.78, 5) is 27.3. The number of aromatic nitrogens is 1. The molecule has 0 aliphatic heterocycles. The average molecular weight is 338 g/mol. The topological polar surface area (TPSA) is 73.1 Å². The van der Waals surface area contributed by atoms with Crippen molar-refractivity contribution in [2.45, 2.75) is 11.9 Å². The Labute approximate surface area is 142 Å². The van der Waals surface area contributed by atoms with Crippen LogP contribution in [0, 0.1) is 17.0 Å². The number of benzene rings is 2. The lowest BCUT2D eigenvalue weighted by Gasteiger charge is -2.04. The summed E-state index contributed by atoms with van der Waals surface area (Å²) in [5.74, 6) is 0.0315. The maximum atomic E-state index is 12.3. The lowest BCUT2D eigenvalue weighted by atomic mass is 10.1. The minimum absolute atomic E-state index is 0.0327. The molecule has 6 heteroatoms. The van der Waals surface area contributed by atoms with Crippen LogP contribution in [0.5, 0.6) is 0 Å². The predicted molar refractivity (Wildman–Crippen MR) is 94.6 cm³/mol. The molecule has 0 aliphatic carbocycles. The Morgan fingerprint density at radius 3 is 2.75 bits per heavy atom. The third-order valence-corrected chi connectivity index (χ3v) is 4.58. The standard InChI is InChI=1S/C18H14N2O3S/c1-12-6-7-14(10-16(12)20(22)23)17(21)11-24-18-9-8-13-4-2-3-5-15(13)19-18/h2-10H,11H2,1H3. The van der Waals surface area contributed by atoms with Crippen molar-refractivity contribution < 1.29 is 9.72 Å². The number of hydrogen-bond acceptors (Lipinski definition) is 5. The Morgan fingerprint density at radius 1 is 1.17 bits per heavy atom. The van der Waals surface area contributed by atoms with Crippen molar-refractivity contribution in [3.8, 4) is 0 Å². The molecule has 0 radical (unpaired) electrons. The van der Waals surface area contributed by atoms with E-state index in [2.05, 4.69) is 4.98 Å². The van der Waals surface area contributed by atoms with E-state index in [0.717, 1.165) is 15.9 Å². The molecule has 0 unspecified atom stereocenters. The summed E-state index contributed by atoms with van der Waals surface area (Å²) in [7, 11) is 0. The molecule has 1 aromatic heterocycles. The van der Waals surface area contributed by atoms with Gasteiger partial charge in [0.15, 0.2) is 5.78 Å². The predicted octanol–water partition coefficient (Wildman–Crippen LogP) is 4.43. The molecule has 0 bridgehead atoms. The van der Waals surface area contributed by atoms with Crippen molar-refractivity contribution in [2.24, 2.45) is 0 Å². The second kappa shape index (κ2) is 6.80. The Morgan fingerprint density at radius 2 is 1.96 bits per heavy atom. The Balaban J connectivity index is 1.75. The molecular weight excluding hydrogens is 324 g/mol. The van der Waals surface area contributed by atoms with Crippen LogP contribution in [0.3, 0.4) is 0 Å². The summed E-state index contributed by atoms with van der Waals surface area (Å²) < 4.78 is 0. The molecule has 0 aliphatic rings. The van der Waals surface area contributed by atoms with Gasteiger partial charge in [-0.25, -0.2) is 4.98 Å². The van der Waals surface area contributed by atoms with Crippen LogP contribution in [-0.4, -0.2) is 21.4 Å². The van der Waals surface area contributed by atoms with E-state index in [4.69, 9.17) is 0 Å². The summed E-state index contributed by atoms with van der Waals surface area (Å²) in [5.41, 5.74) is 1.73. The zero-order valence-electron chi connectivity index (χ0n) is 12.9. The minimum Gasteiger partial charge on any atom is -0.293 e. The summed E-state index contributed by atoms with van der Waals surface area (Å²) >= 11 is 1.33. The number of ketones is 1. The second-order valence-electron chi connectivity index (χ2n) is 5.31. The molecule has 0 N–H and O–H groups in total. The number of thioether (sulfide) groups is 1. The quantitative estimate of drug-likeness (QED) is 0.298. The number of Topliss-reactive ketones (excluding diaryl/α,β-unsaturated/α-hetero) is 1. The van der Waals surface area contributed by atoms with E-state index in [9.17, 15) is 14.9 Å². The number of pyridine rings is 1. The van der Waals surface area contributed by atoms with E-state index in [0.29, 0.717) is 11.1 Å². The Kier molecular flexibility index (Phi) is 4.57. The smallest absolute Gasteiger partial charge is 0.273 e. The van der Waals surface area contributed by atoms with E-state index in [1.807, 2.05) is 36.4 Å². The number of aryl methyl sites for hydroxylation is 1. The maximum absolute atomic E-state index is 12.3. The van der Waals surface area contributed by atoms with Crippen LogP contribution in [0.1, 0.15) is 15.9 Å². The first kappa shape index (κ1) is 16.1. The van der Waals surface area contributed by atoms with Crippen LogP contribution in [0.4, 0.5) is 5.69 Å². The van der Waals surface area contributed by atoms with Gasteiger partial charge in [0.25, 0.3) is 5.69 Å². The van der Waals surface area contributed by atoms with Crippen LogP contribution >= 0.6 is 11.8 Å². The van der Waals surface area contributed by atoms with Gasteiger partial charge < -0.3 is 0 Å². The summed E-state index contributed by atoms with van der Waals surface area (Å²) in [6.07, 6.45) is 0. The first-order valence-electron chi connectivity index (χ1n) is 7.31. The van der Waals surface area contributed by atoms with E-state index < -0.39 is 4.92 Å². The van der Waals surface area contributed by atoms with Gasteiger partial charge in [0.2, 0.25) is 0 Å². The molecule has 0 saturated carbocycles.